The Morgan fingerprint density at radius 3 is 2.21 bits per heavy atom. The summed E-state index contributed by atoms with van der Waals surface area (Å²) in [5.74, 6) is -1.77. The Hall–Kier alpha value is -4.92. The van der Waals surface area contributed by atoms with Crippen LogP contribution in [0.25, 0.3) is 6.08 Å². The zero-order chi connectivity index (χ0) is 28.3. The smallest absolute Gasteiger partial charge is 0.335 e. The number of carboxylic acid groups (broad SMARTS) is 1. The van der Waals surface area contributed by atoms with E-state index in [1.165, 1.54) is 25.3 Å². The minimum absolute atomic E-state index is 0.104. The van der Waals surface area contributed by atoms with Crippen LogP contribution in [0.1, 0.15) is 47.8 Å². The molecule has 4 rings (SSSR count). The van der Waals surface area contributed by atoms with Gasteiger partial charge in [0.15, 0.2) is 11.5 Å². The molecule has 0 spiro atoms. The maximum atomic E-state index is 13.3. The number of nitrogens with zero attached hydrogens (tertiary/aromatic N) is 1. The van der Waals surface area contributed by atoms with Gasteiger partial charge in [0.1, 0.15) is 12.2 Å². The van der Waals surface area contributed by atoms with E-state index in [4.69, 9.17) is 14.6 Å². The van der Waals surface area contributed by atoms with E-state index in [1.54, 1.807) is 42.5 Å². The predicted molar refractivity (Wildman–Crippen MR) is 145 cm³/mol. The summed E-state index contributed by atoms with van der Waals surface area (Å²) < 4.78 is 11.3. The van der Waals surface area contributed by atoms with Gasteiger partial charge in [-0.15, -0.1) is 0 Å². The number of hydrogen-bond acceptors (Lipinski definition) is 6. The van der Waals surface area contributed by atoms with Gasteiger partial charge < -0.3 is 14.6 Å². The van der Waals surface area contributed by atoms with Crippen molar-refractivity contribution in [3.05, 3.63) is 94.6 Å². The summed E-state index contributed by atoms with van der Waals surface area (Å²) in [7, 11) is 1.46. The summed E-state index contributed by atoms with van der Waals surface area (Å²) in [6.07, 6.45) is 1.39. The molecular weight excluding hydrogens is 500 g/mol. The Kier molecular flexibility index (Phi) is 7.53. The zero-order valence-electron chi connectivity index (χ0n) is 22.0. The lowest BCUT2D eigenvalue weighted by atomic mass is 9.87. The lowest BCUT2D eigenvalue weighted by Crippen LogP contribution is -2.54. The average molecular weight is 529 g/mol. The molecule has 9 heteroatoms. The monoisotopic (exact) mass is 528 g/mol. The fourth-order valence-electron chi connectivity index (χ4n) is 3.97. The minimum Gasteiger partial charge on any atom is -0.493 e. The Bertz CT molecular complexity index is 1470. The molecule has 0 unspecified atom stereocenters. The highest BCUT2D eigenvalue weighted by Crippen LogP contribution is 2.31. The van der Waals surface area contributed by atoms with Crippen molar-refractivity contribution >= 4 is 35.6 Å². The van der Waals surface area contributed by atoms with Crippen LogP contribution in [0.4, 0.5) is 10.5 Å². The number of ether oxygens (including phenoxy) is 2. The summed E-state index contributed by atoms with van der Waals surface area (Å²) in [6, 6.07) is 17.4. The second-order valence-corrected chi connectivity index (χ2v) is 9.96. The van der Waals surface area contributed by atoms with Crippen molar-refractivity contribution < 1.29 is 33.8 Å². The van der Waals surface area contributed by atoms with Crippen LogP contribution < -0.4 is 19.7 Å². The van der Waals surface area contributed by atoms with Gasteiger partial charge >= 0.3 is 12.0 Å². The molecule has 0 aromatic heterocycles. The molecule has 2 N–H and O–H groups in total. The second-order valence-electron chi connectivity index (χ2n) is 9.96. The fraction of sp³-hybridized carbons (Fsp3) is 0.200. The number of aromatic carboxylic acids is 1. The van der Waals surface area contributed by atoms with E-state index < -0.39 is 23.8 Å². The van der Waals surface area contributed by atoms with Gasteiger partial charge in [-0.1, -0.05) is 51.1 Å². The van der Waals surface area contributed by atoms with Crippen molar-refractivity contribution in [2.45, 2.75) is 32.8 Å². The van der Waals surface area contributed by atoms with Crippen molar-refractivity contribution in [2.75, 3.05) is 12.0 Å². The number of anilines is 1. The fourth-order valence-corrected chi connectivity index (χ4v) is 3.97. The highest BCUT2D eigenvalue weighted by Gasteiger charge is 2.37. The molecular formula is C30H28N2O7. The van der Waals surface area contributed by atoms with E-state index in [-0.39, 0.29) is 23.2 Å². The third-order valence-electron chi connectivity index (χ3n) is 6.19. The van der Waals surface area contributed by atoms with Crippen LogP contribution in [0, 0.1) is 0 Å². The minimum atomic E-state index is -1.01. The number of rotatable bonds is 7. The maximum absolute atomic E-state index is 13.3. The van der Waals surface area contributed by atoms with E-state index in [2.05, 4.69) is 26.1 Å². The van der Waals surface area contributed by atoms with E-state index >= 15 is 0 Å². The summed E-state index contributed by atoms with van der Waals surface area (Å²) in [6.45, 7) is 6.35. The SMILES string of the molecule is COc1cc(/C=C2/C(=O)NC(=O)N(c3ccc(C(C)(C)C)cc3)C2=O)ccc1OCc1ccc(C(=O)O)cc1. The number of carbonyl (C=O) groups is 4. The van der Waals surface area contributed by atoms with Gasteiger partial charge in [-0.3, -0.25) is 14.9 Å². The van der Waals surface area contributed by atoms with Crippen LogP contribution in [0.3, 0.4) is 0 Å². The van der Waals surface area contributed by atoms with E-state index in [0.29, 0.717) is 22.7 Å². The third-order valence-corrected chi connectivity index (χ3v) is 6.19. The summed E-state index contributed by atoms with van der Waals surface area (Å²) in [5, 5.41) is 11.3. The molecule has 3 aromatic rings. The highest BCUT2D eigenvalue weighted by molar-refractivity contribution is 6.39. The number of hydrogen-bond donors (Lipinski definition) is 2. The zero-order valence-corrected chi connectivity index (χ0v) is 22.0. The molecule has 0 radical (unpaired) electrons. The van der Waals surface area contributed by atoms with Crippen molar-refractivity contribution in [1.82, 2.24) is 5.32 Å². The van der Waals surface area contributed by atoms with Crippen molar-refractivity contribution in [3.63, 3.8) is 0 Å². The first-order valence-corrected chi connectivity index (χ1v) is 12.1. The Balaban J connectivity index is 1.55. The molecule has 0 bridgehead atoms. The third kappa shape index (κ3) is 5.98. The number of methoxy groups -OCH3 is 1. The number of imide groups is 2. The Morgan fingerprint density at radius 2 is 1.62 bits per heavy atom. The van der Waals surface area contributed by atoms with E-state index in [9.17, 15) is 19.2 Å². The number of carboxylic acids is 1. The standard InChI is InChI=1S/C30H28N2O7/c1-30(2,3)21-10-12-22(13-11-21)32-27(34)23(26(33)31-29(32)37)15-19-7-14-24(25(16-19)38-4)39-17-18-5-8-20(9-6-18)28(35)36/h5-16H,17H2,1-4H3,(H,35,36)(H,31,33,37)/b23-15-. The number of nitrogens with one attached hydrogen (secondary N) is 1. The molecule has 1 aliphatic rings. The molecule has 0 saturated carbocycles. The van der Waals surface area contributed by atoms with Gasteiger partial charge in [0.05, 0.1) is 18.4 Å². The molecule has 1 aliphatic heterocycles. The number of carbonyl (C=O) groups excluding carboxylic acids is 3. The summed E-state index contributed by atoms with van der Waals surface area (Å²) in [5.41, 5.74) is 2.50. The topological polar surface area (TPSA) is 122 Å². The normalized spacial score (nSPS) is 14.8. The van der Waals surface area contributed by atoms with Crippen LogP contribution in [0.2, 0.25) is 0 Å². The molecule has 9 nitrogen and oxygen atoms in total. The van der Waals surface area contributed by atoms with Crippen LogP contribution in [0.15, 0.2) is 72.3 Å². The number of urea groups is 1. The highest BCUT2D eigenvalue weighted by atomic mass is 16.5. The van der Waals surface area contributed by atoms with Crippen molar-refractivity contribution in [2.24, 2.45) is 0 Å². The predicted octanol–water partition coefficient (Wildman–Crippen LogP) is 4.94. The maximum Gasteiger partial charge on any atom is 0.335 e. The first-order chi connectivity index (χ1) is 18.5. The largest absolute Gasteiger partial charge is 0.493 e. The van der Waals surface area contributed by atoms with Crippen molar-refractivity contribution in [3.8, 4) is 11.5 Å². The van der Waals surface area contributed by atoms with Crippen molar-refractivity contribution in [1.29, 1.82) is 0 Å². The first-order valence-electron chi connectivity index (χ1n) is 12.1. The van der Waals surface area contributed by atoms with Gasteiger partial charge in [0.25, 0.3) is 11.8 Å². The first kappa shape index (κ1) is 27.1. The lowest BCUT2D eigenvalue weighted by molar-refractivity contribution is -0.122. The van der Waals surface area contributed by atoms with Crippen LogP contribution >= 0.6 is 0 Å². The van der Waals surface area contributed by atoms with Crippen LogP contribution in [0.5, 0.6) is 11.5 Å². The molecule has 0 atom stereocenters. The van der Waals surface area contributed by atoms with Gasteiger partial charge in [0.2, 0.25) is 0 Å². The molecule has 4 amide bonds. The second kappa shape index (κ2) is 10.8. The van der Waals surface area contributed by atoms with Crippen LogP contribution in [-0.4, -0.2) is 36.0 Å². The van der Waals surface area contributed by atoms with Gasteiger partial charge in [-0.25, -0.2) is 14.5 Å². The average Bonchev–Trinajstić information content (AvgIpc) is 2.90. The molecule has 1 heterocycles. The number of barbiturate groups is 1. The Morgan fingerprint density at radius 1 is 0.949 bits per heavy atom. The lowest BCUT2D eigenvalue weighted by Gasteiger charge is -2.27. The molecule has 0 aliphatic carbocycles. The molecule has 39 heavy (non-hydrogen) atoms. The van der Waals surface area contributed by atoms with Gasteiger partial charge in [-0.05, 0) is 64.6 Å². The number of amides is 4. The summed E-state index contributed by atoms with van der Waals surface area (Å²) in [4.78, 5) is 50.4. The van der Waals surface area contributed by atoms with E-state index in [0.717, 1.165) is 16.0 Å². The molecule has 3 aromatic carbocycles. The summed E-state index contributed by atoms with van der Waals surface area (Å²) >= 11 is 0. The molecule has 1 saturated heterocycles. The molecule has 200 valence electrons. The van der Waals surface area contributed by atoms with Gasteiger partial charge in [0, 0.05) is 0 Å². The van der Waals surface area contributed by atoms with Gasteiger partial charge in [-0.2, -0.15) is 0 Å². The molecule has 1 fully saturated rings. The number of benzene rings is 3. The Labute approximate surface area is 225 Å². The van der Waals surface area contributed by atoms with E-state index in [1.807, 2.05) is 12.1 Å². The quantitative estimate of drug-likeness (QED) is 0.329. The van der Waals surface area contributed by atoms with Crippen LogP contribution in [-0.2, 0) is 21.6 Å².